The number of rotatable bonds is 0. The fourth-order valence-electron chi connectivity index (χ4n) is 2.94. The van der Waals surface area contributed by atoms with E-state index in [0.29, 0.717) is 0 Å². The van der Waals surface area contributed by atoms with Crippen molar-refractivity contribution in [1.82, 2.24) is 19.9 Å². The largest absolute Gasteiger partial charge is 0.355 e. The van der Waals surface area contributed by atoms with Crippen LogP contribution in [0.2, 0.25) is 0 Å². The third-order valence-corrected chi connectivity index (χ3v) is 4.04. The van der Waals surface area contributed by atoms with E-state index in [1.165, 1.54) is 0 Å². The van der Waals surface area contributed by atoms with Crippen molar-refractivity contribution in [1.29, 1.82) is 0 Å². The number of hydrogen-bond acceptors (Lipinski definition) is 2. The average Bonchev–Trinajstić information content (AvgIpc) is 3.32. The van der Waals surface area contributed by atoms with Crippen molar-refractivity contribution in [3.8, 4) is 0 Å². The molecule has 124 valence electrons. The van der Waals surface area contributed by atoms with E-state index >= 15 is 0 Å². The Kier molecular flexibility index (Phi) is 3.97. The first-order valence-electron chi connectivity index (χ1n) is 7.85. The third kappa shape index (κ3) is 3.25. The molecular weight excluding hydrogens is 403 g/mol. The molecule has 0 amide bonds. The van der Waals surface area contributed by atoms with Crippen LogP contribution in [0.4, 0.5) is 0 Å². The molecule has 3 aromatic rings. The van der Waals surface area contributed by atoms with Crippen LogP contribution in [0.5, 0.6) is 0 Å². The Balaban J connectivity index is 0.00000157. The SMILES string of the molecule is C1=Cc2cc3ccc(cc4nc(cc5ccc(cc1n2)[nH]5)C=C4)[nH]3.[Pd]. The number of nitrogens with zero attached hydrogens (tertiary/aromatic N) is 2. The van der Waals surface area contributed by atoms with Crippen molar-refractivity contribution >= 4 is 46.4 Å². The Morgan fingerprint density at radius 3 is 1.04 bits per heavy atom. The number of nitrogens with one attached hydrogen (secondary N) is 2. The molecule has 0 atom stereocenters. The van der Waals surface area contributed by atoms with Crippen LogP contribution in [0.1, 0.15) is 22.8 Å². The van der Waals surface area contributed by atoms with Crippen LogP contribution >= 0.6 is 0 Å². The van der Waals surface area contributed by atoms with Crippen LogP contribution in [-0.2, 0) is 20.4 Å². The maximum absolute atomic E-state index is 4.63. The zero-order valence-corrected chi connectivity index (χ0v) is 14.7. The van der Waals surface area contributed by atoms with E-state index in [1.807, 2.05) is 48.6 Å². The van der Waals surface area contributed by atoms with Crippen LogP contribution in [0.25, 0.3) is 46.4 Å². The number of H-pyrrole nitrogens is 2. The molecular formula is C20H14N4Pd. The summed E-state index contributed by atoms with van der Waals surface area (Å²) in [6, 6.07) is 16.4. The minimum Gasteiger partial charge on any atom is -0.355 e. The zero-order valence-electron chi connectivity index (χ0n) is 13.1. The molecule has 25 heavy (non-hydrogen) atoms. The van der Waals surface area contributed by atoms with Gasteiger partial charge in [0.25, 0.3) is 0 Å². The van der Waals surface area contributed by atoms with E-state index in [1.54, 1.807) is 0 Å². The molecule has 0 spiro atoms. The van der Waals surface area contributed by atoms with E-state index in [4.69, 9.17) is 0 Å². The molecule has 5 rings (SSSR count). The minimum absolute atomic E-state index is 0. The quantitative estimate of drug-likeness (QED) is 0.361. The molecule has 2 N–H and O–H groups in total. The molecule has 0 saturated carbocycles. The zero-order chi connectivity index (χ0) is 15.9. The van der Waals surface area contributed by atoms with Crippen LogP contribution in [0.3, 0.4) is 0 Å². The van der Waals surface area contributed by atoms with Crippen molar-refractivity contribution in [2.75, 3.05) is 0 Å². The van der Waals surface area contributed by atoms with E-state index in [-0.39, 0.29) is 20.4 Å². The fraction of sp³-hybridized carbons (Fsp3) is 0. The van der Waals surface area contributed by atoms with Gasteiger partial charge in [0.05, 0.1) is 22.8 Å². The van der Waals surface area contributed by atoms with Gasteiger partial charge < -0.3 is 9.97 Å². The summed E-state index contributed by atoms with van der Waals surface area (Å²) < 4.78 is 0. The molecule has 0 aromatic carbocycles. The molecule has 5 heteroatoms. The van der Waals surface area contributed by atoms with Gasteiger partial charge in [0.15, 0.2) is 0 Å². The monoisotopic (exact) mass is 416 g/mol. The summed E-state index contributed by atoms with van der Waals surface area (Å²) in [5.74, 6) is 0. The first-order valence-corrected chi connectivity index (χ1v) is 7.85. The number of hydrogen-bond donors (Lipinski definition) is 2. The molecule has 3 aromatic heterocycles. The van der Waals surface area contributed by atoms with Gasteiger partial charge >= 0.3 is 0 Å². The van der Waals surface area contributed by atoms with Crippen molar-refractivity contribution in [2.24, 2.45) is 0 Å². The van der Waals surface area contributed by atoms with Gasteiger partial charge in [-0.2, -0.15) is 0 Å². The fourth-order valence-corrected chi connectivity index (χ4v) is 2.94. The van der Waals surface area contributed by atoms with Crippen LogP contribution in [-0.4, -0.2) is 19.9 Å². The standard InChI is InChI=1S/C20H14N4.Pd/c1-2-14-10-16-5-6-18(23-16)12-20-8-7-19(24-20)11-17-4-3-15(22-17)9-13(1)21-14;/h1-12,21,24H;. The van der Waals surface area contributed by atoms with Gasteiger partial charge in [-0.05, 0) is 72.8 Å². The van der Waals surface area contributed by atoms with Gasteiger partial charge in [-0.25, -0.2) is 9.97 Å². The molecule has 4 nitrogen and oxygen atoms in total. The number of aromatic nitrogens is 4. The van der Waals surface area contributed by atoms with E-state index in [2.05, 4.69) is 44.2 Å². The average molecular weight is 417 g/mol. The van der Waals surface area contributed by atoms with E-state index in [9.17, 15) is 0 Å². The topological polar surface area (TPSA) is 57.4 Å². The summed E-state index contributed by atoms with van der Waals surface area (Å²) in [6.07, 6.45) is 8.09. The molecule has 2 aliphatic heterocycles. The summed E-state index contributed by atoms with van der Waals surface area (Å²) in [7, 11) is 0. The Morgan fingerprint density at radius 1 is 0.480 bits per heavy atom. The van der Waals surface area contributed by atoms with Crippen molar-refractivity contribution in [3.05, 3.63) is 71.3 Å². The van der Waals surface area contributed by atoms with Gasteiger partial charge in [0.2, 0.25) is 0 Å². The summed E-state index contributed by atoms with van der Waals surface area (Å²) in [6.45, 7) is 0. The summed E-state index contributed by atoms with van der Waals surface area (Å²) in [4.78, 5) is 16.0. The second kappa shape index (κ2) is 6.29. The predicted molar refractivity (Wildman–Crippen MR) is 98.9 cm³/mol. The maximum atomic E-state index is 4.63. The van der Waals surface area contributed by atoms with E-state index in [0.717, 1.165) is 44.8 Å². The molecule has 2 aliphatic rings. The van der Waals surface area contributed by atoms with Crippen LogP contribution < -0.4 is 0 Å². The van der Waals surface area contributed by atoms with Gasteiger partial charge in [0, 0.05) is 42.5 Å². The van der Waals surface area contributed by atoms with Crippen LogP contribution in [0, 0.1) is 0 Å². The first-order chi connectivity index (χ1) is 11.8. The molecule has 0 radical (unpaired) electrons. The Labute approximate surface area is 158 Å². The maximum Gasteiger partial charge on any atom is 0.0658 e. The molecule has 0 saturated heterocycles. The molecule has 5 heterocycles. The van der Waals surface area contributed by atoms with Crippen molar-refractivity contribution in [3.63, 3.8) is 0 Å². The number of fused-ring (bicyclic) bond motifs is 8. The van der Waals surface area contributed by atoms with Gasteiger partial charge in [-0.1, -0.05) is 0 Å². The molecule has 0 aliphatic carbocycles. The second-order valence-corrected chi connectivity index (χ2v) is 5.91. The van der Waals surface area contributed by atoms with Gasteiger partial charge in [-0.3, -0.25) is 0 Å². The summed E-state index contributed by atoms with van der Waals surface area (Å²) in [5, 5.41) is 0. The first kappa shape index (κ1) is 15.8. The van der Waals surface area contributed by atoms with E-state index < -0.39 is 0 Å². The minimum atomic E-state index is 0. The molecule has 0 unspecified atom stereocenters. The number of aromatic amines is 2. The molecule has 0 fully saturated rings. The summed E-state index contributed by atoms with van der Waals surface area (Å²) in [5.41, 5.74) is 7.86. The third-order valence-electron chi connectivity index (χ3n) is 4.04. The van der Waals surface area contributed by atoms with Gasteiger partial charge in [0.1, 0.15) is 0 Å². The van der Waals surface area contributed by atoms with Gasteiger partial charge in [-0.15, -0.1) is 0 Å². The second-order valence-electron chi connectivity index (χ2n) is 5.91. The predicted octanol–water partition coefficient (Wildman–Crippen LogP) is 4.65. The van der Waals surface area contributed by atoms with Crippen LogP contribution in [0.15, 0.2) is 48.5 Å². The Bertz CT molecular complexity index is 990. The smallest absolute Gasteiger partial charge is 0.0658 e. The summed E-state index contributed by atoms with van der Waals surface area (Å²) >= 11 is 0. The normalized spacial score (nSPS) is 12.2. The van der Waals surface area contributed by atoms with Crippen molar-refractivity contribution < 1.29 is 20.4 Å². The Morgan fingerprint density at radius 2 is 0.760 bits per heavy atom. The Hall–Kier alpha value is -2.74. The molecule has 8 bridgehead atoms. The van der Waals surface area contributed by atoms with Crippen molar-refractivity contribution in [2.45, 2.75) is 0 Å².